The van der Waals surface area contributed by atoms with Gasteiger partial charge in [-0.25, -0.2) is 0 Å². The van der Waals surface area contributed by atoms with Crippen LogP contribution in [0, 0.1) is 12.8 Å². The highest BCUT2D eigenvalue weighted by atomic mass is 16.3. The third-order valence-electron chi connectivity index (χ3n) is 4.30. The van der Waals surface area contributed by atoms with Crippen molar-refractivity contribution in [3.8, 4) is 0 Å². The van der Waals surface area contributed by atoms with Crippen molar-refractivity contribution in [3.63, 3.8) is 0 Å². The van der Waals surface area contributed by atoms with E-state index in [-0.39, 0.29) is 12.1 Å². The van der Waals surface area contributed by atoms with E-state index in [0.717, 1.165) is 25.1 Å². The van der Waals surface area contributed by atoms with Gasteiger partial charge in [-0.05, 0) is 38.2 Å². The van der Waals surface area contributed by atoms with Crippen LogP contribution in [0.5, 0.6) is 0 Å². The minimum Gasteiger partial charge on any atom is -0.394 e. The van der Waals surface area contributed by atoms with Crippen LogP contribution in [0.15, 0.2) is 12.3 Å². The topological polar surface area (TPSA) is 50.1 Å². The number of aromatic nitrogens is 2. The second kappa shape index (κ2) is 6.06. The maximum atomic E-state index is 9.85. The van der Waals surface area contributed by atoms with Gasteiger partial charge in [0.05, 0.1) is 12.3 Å². The van der Waals surface area contributed by atoms with E-state index in [2.05, 4.69) is 24.3 Å². The van der Waals surface area contributed by atoms with E-state index in [1.165, 1.54) is 12.8 Å². The number of hydrogen-bond donors (Lipinski definition) is 2. The lowest BCUT2D eigenvalue weighted by atomic mass is 9.84. The predicted octanol–water partition coefficient (Wildman–Crippen LogP) is 2.11. The number of rotatable bonds is 6. The van der Waals surface area contributed by atoms with Crippen LogP contribution in [-0.2, 0) is 6.54 Å². The van der Waals surface area contributed by atoms with Gasteiger partial charge in [0.15, 0.2) is 0 Å². The molecule has 0 amide bonds. The molecule has 0 bridgehead atoms. The molecule has 1 aliphatic rings. The van der Waals surface area contributed by atoms with E-state index in [9.17, 15) is 5.11 Å². The van der Waals surface area contributed by atoms with Crippen molar-refractivity contribution in [1.29, 1.82) is 0 Å². The first-order valence-electron chi connectivity index (χ1n) is 7.44. The van der Waals surface area contributed by atoms with E-state index >= 15 is 0 Å². The molecule has 1 saturated carbocycles. The monoisotopic (exact) mass is 265 g/mol. The number of hydrogen-bond acceptors (Lipinski definition) is 3. The first kappa shape index (κ1) is 14.5. The van der Waals surface area contributed by atoms with Crippen molar-refractivity contribution in [1.82, 2.24) is 15.1 Å². The Morgan fingerprint density at radius 1 is 1.58 bits per heavy atom. The molecule has 2 N–H and O–H groups in total. The summed E-state index contributed by atoms with van der Waals surface area (Å²) < 4.78 is 2.02. The molecule has 4 nitrogen and oxygen atoms in total. The molecule has 19 heavy (non-hydrogen) atoms. The van der Waals surface area contributed by atoms with Gasteiger partial charge in [0, 0.05) is 24.3 Å². The molecule has 108 valence electrons. The zero-order chi connectivity index (χ0) is 13.9. The van der Waals surface area contributed by atoms with Crippen LogP contribution >= 0.6 is 0 Å². The summed E-state index contributed by atoms with van der Waals surface area (Å²) in [5.74, 6) is 0.546. The molecule has 1 heterocycles. The Kier molecular flexibility index (Phi) is 4.63. The smallest absolute Gasteiger partial charge is 0.0616 e. The third-order valence-corrected chi connectivity index (χ3v) is 4.30. The Morgan fingerprint density at radius 3 is 2.95 bits per heavy atom. The van der Waals surface area contributed by atoms with Gasteiger partial charge in [0.2, 0.25) is 0 Å². The van der Waals surface area contributed by atoms with Crippen molar-refractivity contribution < 1.29 is 5.11 Å². The summed E-state index contributed by atoms with van der Waals surface area (Å²) in [6, 6.07) is 2.46. The van der Waals surface area contributed by atoms with E-state index in [1.54, 1.807) is 0 Å². The Bertz CT molecular complexity index is 402. The second-order valence-corrected chi connectivity index (χ2v) is 6.21. The van der Waals surface area contributed by atoms with Crippen LogP contribution in [0.2, 0.25) is 0 Å². The summed E-state index contributed by atoms with van der Waals surface area (Å²) in [6.07, 6.45) is 6.64. The minimum absolute atomic E-state index is 0.0731. The molecule has 1 aliphatic carbocycles. The number of aliphatic hydroxyl groups is 1. The maximum absolute atomic E-state index is 9.85. The van der Waals surface area contributed by atoms with E-state index in [1.807, 2.05) is 23.9 Å². The van der Waals surface area contributed by atoms with Gasteiger partial charge >= 0.3 is 0 Å². The Hall–Kier alpha value is -0.870. The molecule has 1 aromatic rings. The molecule has 1 aromatic heterocycles. The van der Waals surface area contributed by atoms with Crippen molar-refractivity contribution in [2.45, 2.75) is 64.6 Å². The van der Waals surface area contributed by atoms with Crippen LogP contribution in [0.4, 0.5) is 0 Å². The van der Waals surface area contributed by atoms with Crippen LogP contribution in [0.1, 0.15) is 45.2 Å². The summed E-state index contributed by atoms with van der Waals surface area (Å²) in [5.41, 5.74) is 0.997. The van der Waals surface area contributed by atoms with Gasteiger partial charge in [-0.1, -0.05) is 20.3 Å². The lowest BCUT2D eigenvalue weighted by Crippen LogP contribution is -2.54. The van der Waals surface area contributed by atoms with Crippen LogP contribution < -0.4 is 5.32 Å². The van der Waals surface area contributed by atoms with Gasteiger partial charge in [-0.15, -0.1) is 0 Å². The average Bonchev–Trinajstić information content (AvgIpc) is 2.93. The van der Waals surface area contributed by atoms with Gasteiger partial charge in [0.1, 0.15) is 0 Å². The van der Waals surface area contributed by atoms with Crippen molar-refractivity contribution >= 4 is 0 Å². The standard InChI is InChI=1S/C15H27N3O/c1-12(2)16-15(11-19)8-4-5-14(15)7-10-18-9-6-13(3)17-18/h6,9,12,14,16,19H,4-5,7-8,10-11H2,1-3H3. The highest BCUT2D eigenvalue weighted by molar-refractivity contribution is 5.00. The first-order chi connectivity index (χ1) is 9.05. The molecule has 1 fully saturated rings. The average molecular weight is 265 g/mol. The van der Waals surface area contributed by atoms with Gasteiger partial charge < -0.3 is 10.4 Å². The molecule has 0 radical (unpaired) electrons. The Labute approximate surface area is 116 Å². The summed E-state index contributed by atoms with van der Waals surface area (Å²) in [4.78, 5) is 0. The molecule has 2 atom stereocenters. The molecule has 4 heteroatoms. The predicted molar refractivity (Wildman–Crippen MR) is 77.0 cm³/mol. The van der Waals surface area contributed by atoms with Crippen LogP contribution in [0.3, 0.4) is 0 Å². The minimum atomic E-state index is -0.0731. The number of nitrogens with zero attached hydrogens (tertiary/aromatic N) is 2. The van der Waals surface area contributed by atoms with Gasteiger partial charge in [-0.3, -0.25) is 4.68 Å². The number of aliphatic hydroxyl groups excluding tert-OH is 1. The maximum Gasteiger partial charge on any atom is 0.0616 e. The molecule has 0 aliphatic heterocycles. The SMILES string of the molecule is Cc1ccn(CCC2CCCC2(CO)NC(C)C)n1. The fraction of sp³-hybridized carbons (Fsp3) is 0.800. The zero-order valence-corrected chi connectivity index (χ0v) is 12.4. The molecule has 2 unspecified atom stereocenters. The van der Waals surface area contributed by atoms with E-state index in [0.29, 0.717) is 12.0 Å². The van der Waals surface area contributed by atoms with E-state index < -0.39 is 0 Å². The zero-order valence-electron chi connectivity index (χ0n) is 12.4. The molecular weight excluding hydrogens is 238 g/mol. The van der Waals surface area contributed by atoms with Gasteiger partial charge in [0.25, 0.3) is 0 Å². The highest BCUT2D eigenvalue weighted by Crippen LogP contribution is 2.38. The fourth-order valence-electron chi connectivity index (χ4n) is 3.46. The summed E-state index contributed by atoms with van der Waals surface area (Å²) in [6.45, 7) is 7.52. The van der Waals surface area contributed by atoms with Gasteiger partial charge in [-0.2, -0.15) is 5.10 Å². The van der Waals surface area contributed by atoms with Crippen LogP contribution in [0.25, 0.3) is 0 Å². The number of aryl methyl sites for hydroxylation is 2. The largest absolute Gasteiger partial charge is 0.394 e. The molecular formula is C15H27N3O. The molecule has 2 rings (SSSR count). The molecule has 0 spiro atoms. The first-order valence-corrected chi connectivity index (χ1v) is 7.44. The normalized spacial score (nSPS) is 27.3. The lowest BCUT2D eigenvalue weighted by Gasteiger charge is -2.37. The fourth-order valence-corrected chi connectivity index (χ4v) is 3.46. The van der Waals surface area contributed by atoms with Crippen molar-refractivity contribution in [3.05, 3.63) is 18.0 Å². The summed E-state index contributed by atoms with van der Waals surface area (Å²) in [7, 11) is 0. The quantitative estimate of drug-likeness (QED) is 0.828. The second-order valence-electron chi connectivity index (χ2n) is 6.21. The van der Waals surface area contributed by atoms with Crippen molar-refractivity contribution in [2.75, 3.05) is 6.61 Å². The summed E-state index contributed by atoms with van der Waals surface area (Å²) >= 11 is 0. The lowest BCUT2D eigenvalue weighted by molar-refractivity contribution is 0.108. The van der Waals surface area contributed by atoms with Crippen LogP contribution in [-0.4, -0.2) is 33.1 Å². The third kappa shape index (κ3) is 3.37. The number of nitrogens with one attached hydrogen (secondary N) is 1. The summed E-state index contributed by atoms with van der Waals surface area (Å²) in [5, 5.41) is 17.9. The molecule has 0 aromatic carbocycles. The Morgan fingerprint density at radius 2 is 2.37 bits per heavy atom. The van der Waals surface area contributed by atoms with Crippen molar-refractivity contribution in [2.24, 2.45) is 5.92 Å². The van der Waals surface area contributed by atoms with E-state index in [4.69, 9.17) is 0 Å². The highest BCUT2D eigenvalue weighted by Gasteiger charge is 2.42. The Balaban J connectivity index is 1.97. The molecule has 0 saturated heterocycles.